The van der Waals surface area contributed by atoms with Crippen LogP contribution in [0.25, 0.3) is 0 Å². The van der Waals surface area contributed by atoms with Gasteiger partial charge in [0.15, 0.2) is 4.67 Å². The molecular weight excluding hydrogens is 300 g/mol. The van der Waals surface area contributed by atoms with Crippen molar-refractivity contribution in [2.45, 2.75) is 26.4 Å². The zero-order valence-corrected chi connectivity index (χ0v) is 10.7. The Hall–Kier alpha value is 0.200. The van der Waals surface area contributed by atoms with Crippen molar-refractivity contribution < 1.29 is 9.52 Å². The van der Waals surface area contributed by atoms with Gasteiger partial charge in [-0.3, -0.25) is 0 Å². The third-order valence-electron chi connectivity index (χ3n) is 1.69. The summed E-state index contributed by atoms with van der Waals surface area (Å²) < 4.78 is 6.76. The number of hydrogen-bond acceptors (Lipinski definition) is 2. The second-order valence-electron chi connectivity index (χ2n) is 3.42. The fourth-order valence-corrected chi connectivity index (χ4v) is 1.70. The molecule has 13 heavy (non-hydrogen) atoms. The van der Waals surface area contributed by atoms with Crippen LogP contribution < -0.4 is 0 Å². The summed E-state index contributed by atoms with van der Waals surface area (Å²) in [6, 6.07) is 1.79. The molecule has 0 spiro atoms. The van der Waals surface area contributed by atoms with Crippen LogP contribution in [0.4, 0.5) is 0 Å². The molecule has 4 heteroatoms. The standard InChI is InChI=1S/C9H12Br2O2/c1-5(2)3-7(12)8-4-6(10)9(11)13-8/h4-5,7,12H,3H2,1-2H3. The van der Waals surface area contributed by atoms with E-state index in [-0.39, 0.29) is 0 Å². The Bertz CT molecular complexity index is 262. The molecule has 1 rings (SSSR count). The lowest BCUT2D eigenvalue weighted by Gasteiger charge is -2.09. The highest BCUT2D eigenvalue weighted by molar-refractivity contribution is 9.13. The van der Waals surface area contributed by atoms with Crippen LogP contribution in [0.1, 0.15) is 32.1 Å². The summed E-state index contributed by atoms with van der Waals surface area (Å²) in [7, 11) is 0. The average Bonchev–Trinajstić information content (AvgIpc) is 2.31. The molecule has 0 bridgehead atoms. The van der Waals surface area contributed by atoms with E-state index in [2.05, 4.69) is 45.7 Å². The second kappa shape index (κ2) is 4.62. The maximum Gasteiger partial charge on any atom is 0.183 e. The molecule has 0 aromatic carbocycles. The van der Waals surface area contributed by atoms with Crippen LogP contribution in [0, 0.1) is 5.92 Å². The lowest BCUT2D eigenvalue weighted by molar-refractivity contribution is 0.124. The lowest BCUT2D eigenvalue weighted by Crippen LogP contribution is -2.00. The van der Waals surface area contributed by atoms with Gasteiger partial charge in [-0.2, -0.15) is 0 Å². The molecule has 0 saturated carbocycles. The van der Waals surface area contributed by atoms with Gasteiger partial charge in [-0.15, -0.1) is 0 Å². The molecule has 0 fully saturated rings. The Labute approximate surface area is 94.6 Å². The van der Waals surface area contributed by atoms with Gasteiger partial charge in [0.2, 0.25) is 0 Å². The third-order valence-corrected chi connectivity index (χ3v) is 3.40. The molecule has 2 nitrogen and oxygen atoms in total. The van der Waals surface area contributed by atoms with Crippen LogP contribution in [0.5, 0.6) is 0 Å². The van der Waals surface area contributed by atoms with Crippen LogP contribution in [0.15, 0.2) is 19.6 Å². The zero-order valence-electron chi connectivity index (χ0n) is 7.55. The molecule has 0 saturated heterocycles. The summed E-state index contributed by atoms with van der Waals surface area (Å²) in [5.41, 5.74) is 0. The first-order chi connectivity index (χ1) is 6.00. The van der Waals surface area contributed by atoms with Gasteiger partial charge >= 0.3 is 0 Å². The van der Waals surface area contributed by atoms with Gasteiger partial charge in [-0.05, 0) is 50.3 Å². The summed E-state index contributed by atoms with van der Waals surface area (Å²) in [6.45, 7) is 4.13. The maximum atomic E-state index is 9.69. The Morgan fingerprint density at radius 1 is 1.46 bits per heavy atom. The largest absolute Gasteiger partial charge is 0.450 e. The summed E-state index contributed by atoms with van der Waals surface area (Å²) in [5.74, 6) is 1.06. The van der Waals surface area contributed by atoms with Crippen LogP contribution in [-0.4, -0.2) is 5.11 Å². The lowest BCUT2D eigenvalue weighted by atomic mass is 10.0. The minimum atomic E-state index is -0.511. The molecule has 0 radical (unpaired) electrons. The SMILES string of the molecule is CC(C)CC(O)c1cc(Br)c(Br)o1. The van der Waals surface area contributed by atoms with E-state index in [4.69, 9.17) is 4.42 Å². The average molecular weight is 312 g/mol. The van der Waals surface area contributed by atoms with Gasteiger partial charge < -0.3 is 9.52 Å². The van der Waals surface area contributed by atoms with Gasteiger partial charge in [0.1, 0.15) is 11.9 Å². The van der Waals surface area contributed by atoms with E-state index in [0.717, 1.165) is 4.47 Å². The van der Waals surface area contributed by atoms with Gasteiger partial charge in [0.05, 0.1) is 4.47 Å². The third kappa shape index (κ3) is 3.11. The molecular formula is C9H12Br2O2. The van der Waals surface area contributed by atoms with Crippen molar-refractivity contribution in [3.63, 3.8) is 0 Å². The predicted octanol–water partition coefficient (Wildman–Crippen LogP) is 3.88. The van der Waals surface area contributed by atoms with E-state index in [9.17, 15) is 5.11 Å². The Morgan fingerprint density at radius 3 is 2.46 bits per heavy atom. The van der Waals surface area contributed by atoms with Gasteiger partial charge in [-0.1, -0.05) is 13.8 Å². The second-order valence-corrected chi connectivity index (χ2v) is 4.99. The molecule has 0 aliphatic rings. The van der Waals surface area contributed by atoms with Crippen LogP contribution >= 0.6 is 31.9 Å². The van der Waals surface area contributed by atoms with E-state index >= 15 is 0 Å². The first kappa shape index (κ1) is 11.3. The number of rotatable bonds is 3. The highest BCUT2D eigenvalue weighted by atomic mass is 79.9. The molecule has 1 unspecified atom stereocenters. The van der Waals surface area contributed by atoms with E-state index < -0.39 is 6.10 Å². The normalized spacial score (nSPS) is 13.7. The van der Waals surface area contributed by atoms with E-state index in [1.165, 1.54) is 0 Å². The van der Waals surface area contributed by atoms with Crippen molar-refractivity contribution in [1.82, 2.24) is 0 Å². The fourth-order valence-electron chi connectivity index (χ4n) is 1.09. The minimum absolute atomic E-state index is 0.456. The number of aliphatic hydroxyl groups excluding tert-OH is 1. The molecule has 1 aromatic rings. The van der Waals surface area contributed by atoms with Crippen molar-refractivity contribution in [3.8, 4) is 0 Å². The maximum absolute atomic E-state index is 9.69. The van der Waals surface area contributed by atoms with E-state index in [1.54, 1.807) is 6.07 Å². The predicted molar refractivity (Wildman–Crippen MR) is 58.5 cm³/mol. The molecule has 1 heterocycles. The number of aliphatic hydroxyl groups is 1. The molecule has 0 aliphatic carbocycles. The summed E-state index contributed by atoms with van der Waals surface area (Å²) >= 11 is 6.52. The first-order valence-electron chi connectivity index (χ1n) is 4.13. The zero-order chi connectivity index (χ0) is 10.0. The number of furan rings is 1. The molecule has 1 atom stereocenters. The highest BCUT2D eigenvalue weighted by Gasteiger charge is 2.15. The van der Waals surface area contributed by atoms with Gasteiger partial charge in [0.25, 0.3) is 0 Å². The van der Waals surface area contributed by atoms with Gasteiger partial charge in [-0.25, -0.2) is 0 Å². The minimum Gasteiger partial charge on any atom is -0.450 e. The van der Waals surface area contributed by atoms with Gasteiger partial charge in [0, 0.05) is 0 Å². The number of hydrogen-bond donors (Lipinski definition) is 1. The molecule has 74 valence electrons. The summed E-state index contributed by atoms with van der Waals surface area (Å²) in [6.07, 6.45) is 0.203. The molecule has 0 amide bonds. The highest BCUT2D eigenvalue weighted by Crippen LogP contribution is 2.31. The van der Waals surface area contributed by atoms with Crippen molar-refractivity contribution in [2.24, 2.45) is 5.92 Å². The van der Waals surface area contributed by atoms with Crippen LogP contribution in [0.2, 0.25) is 0 Å². The summed E-state index contributed by atoms with van der Waals surface area (Å²) in [5, 5.41) is 9.69. The van der Waals surface area contributed by atoms with Crippen molar-refractivity contribution in [2.75, 3.05) is 0 Å². The topological polar surface area (TPSA) is 33.4 Å². The Morgan fingerprint density at radius 2 is 2.08 bits per heavy atom. The first-order valence-corrected chi connectivity index (χ1v) is 5.72. The van der Waals surface area contributed by atoms with Crippen LogP contribution in [-0.2, 0) is 0 Å². The van der Waals surface area contributed by atoms with E-state index in [0.29, 0.717) is 22.8 Å². The van der Waals surface area contributed by atoms with Crippen LogP contribution in [0.3, 0.4) is 0 Å². The fraction of sp³-hybridized carbons (Fsp3) is 0.556. The molecule has 1 N–H and O–H groups in total. The van der Waals surface area contributed by atoms with Crippen molar-refractivity contribution >= 4 is 31.9 Å². The Balaban J connectivity index is 2.71. The van der Waals surface area contributed by atoms with Crippen molar-refractivity contribution in [3.05, 3.63) is 21.0 Å². The van der Waals surface area contributed by atoms with Crippen molar-refractivity contribution in [1.29, 1.82) is 0 Å². The quantitative estimate of drug-likeness (QED) is 0.919. The summed E-state index contributed by atoms with van der Waals surface area (Å²) in [4.78, 5) is 0. The monoisotopic (exact) mass is 310 g/mol. The number of halogens is 2. The Kier molecular flexibility index (Phi) is 4.01. The van der Waals surface area contributed by atoms with E-state index in [1.807, 2.05) is 0 Å². The molecule has 1 aromatic heterocycles. The smallest absolute Gasteiger partial charge is 0.183 e. The molecule has 0 aliphatic heterocycles.